The van der Waals surface area contributed by atoms with Crippen molar-refractivity contribution in [2.24, 2.45) is 0 Å². The number of rotatable bonds is 7. The lowest BCUT2D eigenvalue weighted by Gasteiger charge is -2.22. The molecule has 7 nitrogen and oxygen atoms in total. The van der Waals surface area contributed by atoms with Gasteiger partial charge in [0, 0.05) is 44.2 Å². The van der Waals surface area contributed by atoms with E-state index in [1.54, 1.807) is 19.1 Å². The zero-order valence-electron chi connectivity index (χ0n) is 18.0. The lowest BCUT2D eigenvalue weighted by Crippen LogP contribution is -2.32. The minimum Gasteiger partial charge on any atom is -0.374 e. The molecule has 0 aliphatic carbocycles. The number of anilines is 3. The van der Waals surface area contributed by atoms with Crippen LogP contribution in [0, 0.1) is 6.92 Å². The molecule has 0 spiro atoms. The summed E-state index contributed by atoms with van der Waals surface area (Å²) in [6.07, 6.45) is 2.46. The Balaban J connectivity index is 1.66. The molecule has 1 amide bonds. The van der Waals surface area contributed by atoms with Crippen LogP contribution < -0.4 is 15.5 Å². The van der Waals surface area contributed by atoms with Crippen LogP contribution in [0.3, 0.4) is 0 Å². The maximum Gasteiger partial charge on any atom is 0.246 e. The summed E-state index contributed by atoms with van der Waals surface area (Å²) < 4.78 is 25.7. The minimum atomic E-state index is -3.56. The van der Waals surface area contributed by atoms with Gasteiger partial charge in [0.2, 0.25) is 15.9 Å². The van der Waals surface area contributed by atoms with Gasteiger partial charge in [-0.1, -0.05) is 6.07 Å². The third-order valence-corrected chi connectivity index (χ3v) is 7.11. The van der Waals surface area contributed by atoms with E-state index in [4.69, 9.17) is 0 Å². The van der Waals surface area contributed by atoms with Crippen LogP contribution in [0.25, 0.3) is 0 Å². The number of hydrogen-bond acceptors (Lipinski definition) is 5. The van der Waals surface area contributed by atoms with E-state index >= 15 is 0 Å². The second kappa shape index (κ2) is 9.06. The molecule has 1 atom stereocenters. The zero-order chi connectivity index (χ0) is 21.9. The molecule has 1 aliphatic rings. The summed E-state index contributed by atoms with van der Waals surface area (Å²) >= 11 is 0. The van der Waals surface area contributed by atoms with E-state index in [1.165, 1.54) is 50.3 Å². The van der Waals surface area contributed by atoms with E-state index in [2.05, 4.69) is 34.6 Å². The highest BCUT2D eigenvalue weighted by atomic mass is 32.2. The van der Waals surface area contributed by atoms with E-state index in [1.807, 2.05) is 6.07 Å². The van der Waals surface area contributed by atoms with Gasteiger partial charge in [-0.3, -0.25) is 4.79 Å². The number of sulfonamides is 1. The Morgan fingerprint density at radius 1 is 1.07 bits per heavy atom. The van der Waals surface area contributed by atoms with Crippen LogP contribution in [0.5, 0.6) is 0 Å². The highest BCUT2D eigenvalue weighted by molar-refractivity contribution is 7.89. The molecule has 162 valence electrons. The van der Waals surface area contributed by atoms with Gasteiger partial charge in [0.1, 0.15) is 6.04 Å². The fourth-order valence-electron chi connectivity index (χ4n) is 3.57. The molecule has 0 radical (unpaired) electrons. The minimum absolute atomic E-state index is 0.138. The van der Waals surface area contributed by atoms with E-state index in [9.17, 15) is 13.2 Å². The van der Waals surface area contributed by atoms with Gasteiger partial charge < -0.3 is 15.5 Å². The lowest BCUT2D eigenvalue weighted by molar-refractivity contribution is -0.116. The molecule has 0 bridgehead atoms. The van der Waals surface area contributed by atoms with Gasteiger partial charge in [0.15, 0.2) is 0 Å². The summed E-state index contributed by atoms with van der Waals surface area (Å²) in [5.74, 6) is -0.240. The van der Waals surface area contributed by atoms with Crippen LogP contribution in [0.2, 0.25) is 0 Å². The first-order chi connectivity index (χ1) is 14.2. The number of benzene rings is 2. The lowest BCUT2D eigenvalue weighted by atomic mass is 10.1. The summed E-state index contributed by atoms with van der Waals surface area (Å²) in [4.78, 5) is 15.2. The second-order valence-electron chi connectivity index (χ2n) is 7.87. The average Bonchev–Trinajstić information content (AvgIpc) is 3.22. The van der Waals surface area contributed by atoms with Gasteiger partial charge in [-0.25, -0.2) is 12.7 Å². The maximum absolute atomic E-state index is 12.6. The van der Waals surface area contributed by atoms with Gasteiger partial charge in [-0.2, -0.15) is 0 Å². The van der Waals surface area contributed by atoms with Crippen molar-refractivity contribution in [3.05, 3.63) is 48.0 Å². The third-order valence-electron chi connectivity index (χ3n) is 5.30. The van der Waals surface area contributed by atoms with Crippen molar-refractivity contribution in [2.75, 3.05) is 42.7 Å². The van der Waals surface area contributed by atoms with Crippen LogP contribution >= 0.6 is 0 Å². The summed E-state index contributed by atoms with van der Waals surface area (Å²) in [5.41, 5.74) is 3.74. The Morgan fingerprint density at radius 2 is 1.77 bits per heavy atom. The van der Waals surface area contributed by atoms with Crippen LogP contribution in [0.1, 0.15) is 25.3 Å². The van der Waals surface area contributed by atoms with Crippen LogP contribution in [-0.4, -0.2) is 51.9 Å². The fraction of sp³-hybridized carbons (Fsp3) is 0.409. The smallest absolute Gasteiger partial charge is 0.246 e. The van der Waals surface area contributed by atoms with Crippen molar-refractivity contribution >= 4 is 33.0 Å². The number of hydrogen-bond donors (Lipinski definition) is 2. The number of aryl methyl sites for hydroxylation is 1. The molecule has 1 aliphatic heterocycles. The first kappa shape index (κ1) is 22.1. The summed E-state index contributed by atoms with van der Waals surface area (Å²) in [7, 11) is -0.606. The number of nitrogens with zero attached hydrogens (tertiary/aromatic N) is 2. The fourth-order valence-corrected chi connectivity index (χ4v) is 4.52. The van der Waals surface area contributed by atoms with Crippen LogP contribution in [-0.2, 0) is 14.8 Å². The SMILES string of the molecule is Cc1cc(N[C@H](C)C(=O)Nc2cccc(S(=O)(=O)N(C)C)c2)ccc1N1CCCC1. The first-order valence-electron chi connectivity index (χ1n) is 10.1. The van der Waals surface area contributed by atoms with Gasteiger partial charge in [-0.05, 0) is 68.7 Å². The van der Waals surface area contributed by atoms with Gasteiger partial charge >= 0.3 is 0 Å². The predicted octanol–water partition coefficient (Wildman–Crippen LogP) is 3.28. The monoisotopic (exact) mass is 430 g/mol. The molecule has 2 N–H and O–H groups in total. The molecule has 1 fully saturated rings. The summed E-state index contributed by atoms with van der Waals surface area (Å²) in [6.45, 7) is 6.05. The Hall–Kier alpha value is -2.58. The topological polar surface area (TPSA) is 81.8 Å². The molecule has 2 aromatic carbocycles. The van der Waals surface area contributed by atoms with E-state index in [-0.39, 0.29) is 10.8 Å². The normalized spacial score (nSPS) is 15.3. The molecule has 2 aromatic rings. The van der Waals surface area contributed by atoms with Crippen molar-refractivity contribution in [2.45, 2.75) is 37.6 Å². The predicted molar refractivity (Wildman–Crippen MR) is 122 cm³/mol. The average molecular weight is 431 g/mol. The summed E-state index contributed by atoms with van der Waals surface area (Å²) in [5, 5.41) is 6.02. The van der Waals surface area contributed by atoms with E-state index in [0.29, 0.717) is 5.69 Å². The quantitative estimate of drug-likeness (QED) is 0.705. The van der Waals surface area contributed by atoms with Crippen molar-refractivity contribution in [1.82, 2.24) is 4.31 Å². The summed E-state index contributed by atoms with van der Waals surface area (Å²) in [6, 6.07) is 11.9. The highest BCUT2D eigenvalue weighted by Crippen LogP contribution is 2.27. The Kier molecular flexibility index (Phi) is 6.67. The van der Waals surface area contributed by atoms with Crippen LogP contribution in [0.15, 0.2) is 47.4 Å². The Labute approximate surface area is 179 Å². The van der Waals surface area contributed by atoms with Gasteiger partial charge in [-0.15, -0.1) is 0 Å². The number of amides is 1. The van der Waals surface area contributed by atoms with Gasteiger partial charge in [0.05, 0.1) is 4.90 Å². The molecule has 1 saturated heterocycles. The molecular weight excluding hydrogens is 400 g/mol. The van der Waals surface area contributed by atoms with Crippen molar-refractivity contribution < 1.29 is 13.2 Å². The van der Waals surface area contributed by atoms with Crippen LogP contribution in [0.4, 0.5) is 17.1 Å². The van der Waals surface area contributed by atoms with E-state index in [0.717, 1.165) is 23.1 Å². The number of carbonyl (C=O) groups is 1. The highest BCUT2D eigenvalue weighted by Gasteiger charge is 2.19. The first-order valence-corrected chi connectivity index (χ1v) is 11.6. The molecular formula is C22H30N4O3S. The number of carbonyl (C=O) groups excluding carboxylic acids is 1. The standard InChI is InChI=1S/C22H30N4O3S/c1-16-14-19(10-11-21(16)26-12-5-6-13-26)23-17(2)22(27)24-18-8-7-9-20(15-18)30(28,29)25(3)4/h7-11,14-15,17,23H,5-6,12-13H2,1-4H3,(H,24,27)/t17-/m1/s1. The van der Waals surface area contributed by atoms with Crippen molar-refractivity contribution in [3.8, 4) is 0 Å². The van der Waals surface area contributed by atoms with Gasteiger partial charge in [0.25, 0.3) is 0 Å². The second-order valence-corrected chi connectivity index (χ2v) is 10.0. The largest absolute Gasteiger partial charge is 0.374 e. The Bertz CT molecular complexity index is 1010. The molecule has 8 heteroatoms. The molecule has 0 unspecified atom stereocenters. The molecule has 30 heavy (non-hydrogen) atoms. The number of nitrogens with one attached hydrogen (secondary N) is 2. The molecule has 0 saturated carbocycles. The van der Waals surface area contributed by atoms with E-state index < -0.39 is 16.1 Å². The third kappa shape index (κ3) is 4.94. The molecule has 3 rings (SSSR count). The maximum atomic E-state index is 12.6. The Morgan fingerprint density at radius 3 is 2.40 bits per heavy atom. The zero-order valence-corrected chi connectivity index (χ0v) is 18.8. The molecule has 1 heterocycles. The van der Waals surface area contributed by atoms with Crippen molar-refractivity contribution in [1.29, 1.82) is 0 Å². The van der Waals surface area contributed by atoms with Crippen molar-refractivity contribution in [3.63, 3.8) is 0 Å². The molecule has 0 aromatic heterocycles.